The molecule has 1 amide bonds. The van der Waals surface area contributed by atoms with E-state index in [-0.39, 0.29) is 11.7 Å². The van der Waals surface area contributed by atoms with Gasteiger partial charge in [-0.05, 0) is 75.4 Å². The van der Waals surface area contributed by atoms with Gasteiger partial charge in [-0.15, -0.1) is 11.3 Å². The second-order valence-electron chi connectivity index (χ2n) is 8.84. The van der Waals surface area contributed by atoms with Crippen molar-refractivity contribution in [3.05, 3.63) is 68.3 Å². The smallest absolute Gasteiger partial charge is 0.274 e. The first-order valence-corrected chi connectivity index (χ1v) is 12.5. The number of nitrogens with one attached hydrogen (secondary N) is 1. The highest BCUT2D eigenvalue weighted by atomic mass is 79.9. The number of carbonyl (C=O) groups excluding carboxylic acids is 1. The van der Waals surface area contributed by atoms with E-state index in [0.717, 1.165) is 60.7 Å². The first kappa shape index (κ1) is 22.2. The number of likely N-dealkylation sites (tertiary alicyclic amines) is 1. The van der Waals surface area contributed by atoms with Crippen LogP contribution in [0.4, 0.5) is 4.39 Å². The molecule has 0 aliphatic carbocycles. The van der Waals surface area contributed by atoms with Gasteiger partial charge >= 0.3 is 0 Å². The minimum absolute atomic E-state index is 0.117. The van der Waals surface area contributed by atoms with Crippen molar-refractivity contribution in [2.75, 3.05) is 6.54 Å². The van der Waals surface area contributed by atoms with Crippen molar-refractivity contribution in [2.24, 2.45) is 0 Å². The number of hydrogen-bond donors (Lipinski definition) is 1. The number of imidazole rings is 1. The molecule has 4 aromatic rings. The molecule has 1 aliphatic heterocycles. The van der Waals surface area contributed by atoms with E-state index in [1.807, 2.05) is 11.8 Å². The van der Waals surface area contributed by atoms with Gasteiger partial charge in [0.2, 0.25) is 0 Å². The van der Waals surface area contributed by atoms with Gasteiger partial charge in [-0.1, -0.05) is 28.1 Å². The van der Waals surface area contributed by atoms with Crippen LogP contribution in [0.25, 0.3) is 21.5 Å². The maximum absolute atomic E-state index is 13.8. The highest BCUT2D eigenvalue weighted by molar-refractivity contribution is 9.10. The number of halogens is 2. The number of fused-ring (bicyclic) bond motifs is 1. The fraction of sp³-hybridized carbons (Fsp3) is 0.320. The Morgan fingerprint density at radius 2 is 1.91 bits per heavy atom. The third kappa shape index (κ3) is 3.60. The molecule has 1 fully saturated rings. The van der Waals surface area contributed by atoms with Gasteiger partial charge in [0, 0.05) is 11.0 Å². The Morgan fingerprint density at radius 3 is 2.64 bits per heavy atom. The van der Waals surface area contributed by atoms with Crippen molar-refractivity contribution in [1.29, 1.82) is 0 Å². The van der Waals surface area contributed by atoms with Gasteiger partial charge in [0.1, 0.15) is 17.3 Å². The molecule has 0 spiro atoms. The average molecular weight is 527 g/mol. The standard InChI is InChI=1S/C25H24BrFN4OS/c1-13-14(2)20-19(12-18(13)26)29-24(30-20)25(4)10-5-11-31(25)23(32)21-22(33-15(3)28-21)16-6-8-17(27)9-7-16/h6-9,12H,5,10-11H2,1-4H3,(H,29,30). The number of thiazole rings is 1. The lowest BCUT2D eigenvalue weighted by Gasteiger charge is -2.33. The van der Waals surface area contributed by atoms with Crippen molar-refractivity contribution in [3.8, 4) is 10.4 Å². The molecule has 2 aromatic carbocycles. The van der Waals surface area contributed by atoms with Crippen LogP contribution in [0.3, 0.4) is 0 Å². The molecule has 1 aliphatic rings. The molecule has 5 rings (SSSR count). The van der Waals surface area contributed by atoms with E-state index in [1.165, 1.54) is 23.5 Å². The molecule has 5 nitrogen and oxygen atoms in total. The largest absolute Gasteiger partial charge is 0.340 e. The number of nitrogens with zero attached hydrogens (tertiary/aromatic N) is 3. The van der Waals surface area contributed by atoms with E-state index in [0.29, 0.717) is 12.2 Å². The van der Waals surface area contributed by atoms with Crippen LogP contribution < -0.4 is 0 Å². The number of aryl methyl sites for hydroxylation is 2. The lowest BCUT2D eigenvalue weighted by molar-refractivity contribution is 0.0601. The molecule has 1 saturated heterocycles. The quantitative estimate of drug-likeness (QED) is 0.324. The molecule has 2 aromatic heterocycles. The Labute approximate surface area is 204 Å². The zero-order valence-corrected chi connectivity index (χ0v) is 21.3. The fourth-order valence-corrected chi connectivity index (χ4v) is 6.10. The third-order valence-corrected chi connectivity index (χ3v) is 8.56. The normalized spacial score (nSPS) is 18.4. The molecule has 0 bridgehead atoms. The van der Waals surface area contributed by atoms with Gasteiger partial charge in [0.15, 0.2) is 0 Å². The van der Waals surface area contributed by atoms with Crippen molar-refractivity contribution < 1.29 is 9.18 Å². The number of H-pyrrole nitrogens is 1. The summed E-state index contributed by atoms with van der Waals surface area (Å²) in [4.78, 5) is 29.5. The summed E-state index contributed by atoms with van der Waals surface area (Å²) in [6.07, 6.45) is 1.70. The minimum atomic E-state index is -0.569. The molecular weight excluding hydrogens is 503 g/mol. The van der Waals surface area contributed by atoms with Crippen LogP contribution in [0.5, 0.6) is 0 Å². The van der Waals surface area contributed by atoms with Crippen molar-refractivity contribution in [3.63, 3.8) is 0 Å². The Bertz CT molecular complexity index is 1390. The van der Waals surface area contributed by atoms with Gasteiger partial charge in [-0.3, -0.25) is 4.79 Å². The van der Waals surface area contributed by atoms with Crippen LogP contribution in [0.2, 0.25) is 0 Å². The number of aromatic nitrogens is 3. The zero-order valence-electron chi connectivity index (χ0n) is 18.9. The van der Waals surface area contributed by atoms with E-state index >= 15 is 0 Å². The van der Waals surface area contributed by atoms with Crippen molar-refractivity contribution >= 4 is 44.2 Å². The summed E-state index contributed by atoms with van der Waals surface area (Å²) in [5, 5.41) is 0.804. The Kier molecular flexibility index (Phi) is 5.40. The van der Waals surface area contributed by atoms with E-state index in [1.54, 1.807) is 12.1 Å². The van der Waals surface area contributed by atoms with E-state index in [9.17, 15) is 9.18 Å². The summed E-state index contributed by atoms with van der Waals surface area (Å²) in [7, 11) is 0. The molecule has 1 unspecified atom stereocenters. The molecule has 1 N–H and O–H groups in total. The predicted molar refractivity (Wildman–Crippen MR) is 133 cm³/mol. The van der Waals surface area contributed by atoms with Crippen LogP contribution in [-0.2, 0) is 5.54 Å². The molecule has 8 heteroatoms. The first-order chi connectivity index (χ1) is 15.7. The maximum Gasteiger partial charge on any atom is 0.274 e. The Morgan fingerprint density at radius 1 is 1.18 bits per heavy atom. The van der Waals surface area contributed by atoms with Crippen LogP contribution >= 0.6 is 27.3 Å². The lowest BCUT2D eigenvalue weighted by atomic mass is 9.97. The van der Waals surface area contributed by atoms with Crippen molar-refractivity contribution in [1.82, 2.24) is 19.9 Å². The highest BCUT2D eigenvalue weighted by Gasteiger charge is 2.45. The molecule has 170 valence electrons. The summed E-state index contributed by atoms with van der Waals surface area (Å²) >= 11 is 5.09. The number of benzene rings is 2. The fourth-order valence-electron chi connectivity index (χ4n) is 4.66. The SMILES string of the molecule is Cc1nc(C(=O)N2CCCC2(C)c2nc3c(C)c(C)c(Br)cc3[nH]2)c(-c2ccc(F)cc2)s1. The van der Waals surface area contributed by atoms with Gasteiger partial charge in [0.05, 0.1) is 26.5 Å². The topological polar surface area (TPSA) is 61.9 Å². The minimum Gasteiger partial charge on any atom is -0.340 e. The van der Waals surface area contributed by atoms with Crippen LogP contribution in [-0.4, -0.2) is 32.3 Å². The lowest BCUT2D eigenvalue weighted by Crippen LogP contribution is -2.44. The number of amides is 1. The summed E-state index contributed by atoms with van der Waals surface area (Å²) < 4.78 is 14.5. The molecule has 3 heterocycles. The van der Waals surface area contributed by atoms with E-state index < -0.39 is 5.54 Å². The van der Waals surface area contributed by atoms with Gasteiger partial charge in [-0.25, -0.2) is 14.4 Å². The number of aromatic amines is 1. The zero-order chi connectivity index (χ0) is 23.5. The monoisotopic (exact) mass is 526 g/mol. The highest BCUT2D eigenvalue weighted by Crippen LogP contribution is 2.41. The summed E-state index contributed by atoms with van der Waals surface area (Å²) in [6, 6.07) is 8.27. The maximum atomic E-state index is 13.8. The van der Waals surface area contributed by atoms with Crippen LogP contribution in [0, 0.1) is 26.6 Å². The second kappa shape index (κ2) is 8.02. The number of hydrogen-bond acceptors (Lipinski definition) is 4. The summed E-state index contributed by atoms with van der Waals surface area (Å²) in [5.74, 6) is 0.370. The molecular formula is C25H24BrFN4OS. The third-order valence-electron chi connectivity index (χ3n) is 6.72. The molecule has 1 atom stereocenters. The van der Waals surface area contributed by atoms with Gasteiger partial charge in [-0.2, -0.15) is 0 Å². The van der Waals surface area contributed by atoms with Crippen LogP contribution in [0.1, 0.15) is 52.2 Å². The van der Waals surface area contributed by atoms with Gasteiger partial charge in [0.25, 0.3) is 5.91 Å². The predicted octanol–water partition coefficient (Wildman–Crippen LogP) is 6.66. The van der Waals surface area contributed by atoms with E-state index in [2.05, 4.69) is 52.7 Å². The number of rotatable bonds is 3. The van der Waals surface area contributed by atoms with E-state index in [4.69, 9.17) is 4.98 Å². The summed E-state index contributed by atoms with van der Waals surface area (Å²) in [5.41, 5.74) is 4.82. The Hall–Kier alpha value is -2.58. The molecule has 33 heavy (non-hydrogen) atoms. The van der Waals surface area contributed by atoms with Gasteiger partial charge < -0.3 is 9.88 Å². The average Bonchev–Trinajstić information content (AvgIpc) is 3.49. The van der Waals surface area contributed by atoms with Crippen LogP contribution in [0.15, 0.2) is 34.8 Å². The Balaban J connectivity index is 1.57. The first-order valence-electron chi connectivity index (χ1n) is 10.9. The summed E-state index contributed by atoms with van der Waals surface area (Å²) in [6.45, 7) is 8.73. The van der Waals surface area contributed by atoms with Crippen molar-refractivity contribution in [2.45, 2.75) is 46.1 Å². The molecule has 0 radical (unpaired) electrons. The number of carbonyl (C=O) groups is 1. The molecule has 0 saturated carbocycles. The second-order valence-corrected chi connectivity index (χ2v) is 10.9.